The summed E-state index contributed by atoms with van der Waals surface area (Å²) in [5, 5.41) is 27.2. The van der Waals surface area contributed by atoms with Crippen molar-refractivity contribution in [2.45, 2.75) is 50.3 Å². The first-order valence-electron chi connectivity index (χ1n) is 17.8. The number of hydrogen-bond acceptors (Lipinski definition) is 14. The van der Waals surface area contributed by atoms with Crippen molar-refractivity contribution < 1.29 is 62.5 Å². The molecule has 1 saturated heterocycles. The summed E-state index contributed by atoms with van der Waals surface area (Å²) >= 11 is 0. The van der Waals surface area contributed by atoms with Gasteiger partial charge >= 0.3 is 23.9 Å². The SMILES string of the molecule is CO[C@H]1O[C@H](COCc2cn(CCCOc3cc(O)cc(C(=O)O)c3)nn2)[C@@H](OC(=O)c2ccccc2)[C@H](OC(=O)c2ccccc2)[C@H]1OC(=O)c1ccccc1. The summed E-state index contributed by atoms with van der Waals surface area (Å²) in [6.45, 7) is 0.340. The lowest BCUT2D eigenvalue weighted by atomic mass is 9.97. The van der Waals surface area contributed by atoms with Gasteiger partial charge in [-0.15, -0.1) is 5.10 Å². The third kappa shape index (κ3) is 10.8. The molecule has 0 radical (unpaired) electrons. The van der Waals surface area contributed by atoms with Crippen LogP contribution in [0.15, 0.2) is 115 Å². The molecule has 5 atom stereocenters. The van der Waals surface area contributed by atoms with Gasteiger partial charge in [-0.3, -0.25) is 4.68 Å². The molecule has 5 aromatic rings. The number of aromatic nitrogens is 3. The van der Waals surface area contributed by atoms with Crippen LogP contribution >= 0.6 is 0 Å². The number of carboxylic acids is 1. The van der Waals surface area contributed by atoms with Gasteiger partial charge in [0.15, 0.2) is 24.6 Å². The average Bonchev–Trinajstić information content (AvgIpc) is 3.69. The highest BCUT2D eigenvalue weighted by molar-refractivity contribution is 5.91. The van der Waals surface area contributed by atoms with Gasteiger partial charge in [0.05, 0.1) is 48.3 Å². The van der Waals surface area contributed by atoms with Crippen molar-refractivity contribution in [3.8, 4) is 11.5 Å². The molecule has 16 heteroatoms. The Balaban J connectivity index is 1.16. The summed E-state index contributed by atoms with van der Waals surface area (Å²) in [4.78, 5) is 51.7. The normalized spacial score (nSPS) is 18.9. The predicted octanol–water partition coefficient (Wildman–Crippen LogP) is 4.72. The number of carbonyl (C=O) groups excluding carboxylic acids is 3. The number of aromatic hydroxyl groups is 1. The lowest BCUT2D eigenvalue weighted by Gasteiger charge is -2.44. The highest BCUT2D eigenvalue weighted by Gasteiger charge is 2.53. The number of aromatic carboxylic acids is 1. The molecule has 1 aromatic heterocycles. The molecule has 4 aromatic carbocycles. The third-order valence-corrected chi connectivity index (χ3v) is 8.64. The quantitative estimate of drug-likeness (QED) is 0.0745. The van der Waals surface area contributed by atoms with Crippen molar-refractivity contribution in [2.24, 2.45) is 0 Å². The molecule has 0 unspecified atom stereocenters. The maximum absolute atomic E-state index is 13.6. The molecular weight excluding hydrogens is 742 g/mol. The topological polar surface area (TPSA) is 204 Å². The monoisotopic (exact) mass is 781 g/mol. The van der Waals surface area contributed by atoms with Gasteiger partial charge in [0.2, 0.25) is 0 Å². The number of carboxylic acid groups (broad SMARTS) is 1. The Morgan fingerprint density at radius 2 is 1.30 bits per heavy atom. The third-order valence-electron chi connectivity index (χ3n) is 8.64. The number of ether oxygens (including phenoxy) is 7. The van der Waals surface area contributed by atoms with E-state index in [4.69, 9.17) is 33.2 Å². The zero-order chi connectivity index (χ0) is 40.1. The van der Waals surface area contributed by atoms with Crippen molar-refractivity contribution in [1.82, 2.24) is 15.0 Å². The molecular formula is C41H39N3O13. The number of methoxy groups -OCH3 is 1. The molecule has 296 valence electrons. The van der Waals surface area contributed by atoms with Crippen LogP contribution < -0.4 is 4.74 Å². The molecule has 2 N–H and O–H groups in total. The highest BCUT2D eigenvalue weighted by atomic mass is 16.7. The first-order chi connectivity index (χ1) is 27.7. The number of benzene rings is 4. The van der Waals surface area contributed by atoms with Gasteiger partial charge in [0.1, 0.15) is 23.3 Å². The van der Waals surface area contributed by atoms with Crippen LogP contribution in [-0.4, -0.2) is 100 Å². The lowest BCUT2D eigenvalue weighted by Crippen LogP contribution is -2.62. The van der Waals surface area contributed by atoms with E-state index in [1.165, 1.54) is 19.2 Å². The lowest BCUT2D eigenvalue weighted by molar-refractivity contribution is -0.294. The largest absolute Gasteiger partial charge is 0.508 e. The standard InChI is InChI=1S/C41H39N3O13/c1-51-41-36(57-40(50)28-16-9-4-10-17-28)35(56-39(49)27-14-7-3-8-15-27)34(55-38(48)26-12-5-2-6-13-26)33(54-41)25-52-24-30-23-44(43-42-30)18-11-19-53-32-21-29(37(46)47)20-31(45)22-32/h2-10,12-17,20-23,33-36,41,45H,11,18-19,24-25H2,1H3,(H,46,47)/t33-,34-,35+,36-,41+/m1/s1. The molecule has 0 spiro atoms. The van der Waals surface area contributed by atoms with E-state index < -0.39 is 54.6 Å². The van der Waals surface area contributed by atoms with Crippen molar-refractivity contribution in [2.75, 3.05) is 20.3 Å². The Bertz CT molecular complexity index is 2110. The summed E-state index contributed by atoms with van der Waals surface area (Å²) in [7, 11) is 1.33. The molecule has 1 aliphatic heterocycles. The van der Waals surface area contributed by atoms with E-state index in [1.807, 2.05) is 0 Å². The minimum absolute atomic E-state index is 0.0461. The fourth-order valence-electron chi connectivity index (χ4n) is 5.90. The van der Waals surface area contributed by atoms with Crippen molar-refractivity contribution in [1.29, 1.82) is 0 Å². The van der Waals surface area contributed by atoms with Gasteiger partial charge in [-0.1, -0.05) is 59.8 Å². The van der Waals surface area contributed by atoms with Crippen LogP contribution in [0.5, 0.6) is 11.5 Å². The van der Waals surface area contributed by atoms with E-state index in [1.54, 1.807) is 102 Å². The number of esters is 3. The molecule has 1 fully saturated rings. The molecule has 6 rings (SSSR count). The Morgan fingerprint density at radius 3 is 1.86 bits per heavy atom. The van der Waals surface area contributed by atoms with Crippen molar-refractivity contribution in [3.05, 3.63) is 143 Å². The molecule has 16 nitrogen and oxygen atoms in total. The van der Waals surface area contributed by atoms with E-state index in [2.05, 4.69) is 10.3 Å². The first-order valence-corrected chi connectivity index (χ1v) is 17.8. The molecule has 1 aliphatic rings. The number of nitrogens with zero attached hydrogens (tertiary/aromatic N) is 3. The van der Waals surface area contributed by atoms with Gasteiger partial charge in [-0.05, 0) is 48.5 Å². The van der Waals surface area contributed by atoms with Crippen LogP contribution in [-0.2, 0) is 41.6 Å². The predicted molar refractivity (Wildman–Crippen MR) is 197 cm³/mol. The van der Waals surface area contributed by atoms with E-state index in [-0.39, 0.29) is 53.6 Å². The fraction of sp³-hybridized carbons (Fsp3) is 0.268. The minimum atomic E-state index is -1.43. The highest BCUT2D eigenvalue weighted by Crippen LogP contribution is 2.31. The van der Waals surface area contributed by atoms with Gasteiger partial charge in [0.25, 0.3) is 0 Å². The second kappa shape index (κ2) is 19.3. The summed E-state index contributed by atoms with van der Waals surface area (Å²) in [6.07, 6.45) is -4.44. The molecule has 0 aliphatic carbocycles. The fourth-order valence-corrected chi connectivity index (χ4v) is 5.90. The molecule has 0 saturated carbocycles. The van der Waals surface area contributed by atoms with Gasteiger partial charge in [-0.2, -0.15) is 0 Å². The Morgan fingerprint density at radius 1 is 0.737 bits per heavy atom. The summed E-state index contributed by atoms with van der Waals surface area (Å²) in [5.74, 6) is -3.48. The Hall–Kier alpha value is -6.62. The second-order valence-electron chi connectivity index (χ2n) is 12.7. The molecule has 2 heterocycles. The number of aryl methyl sites for hydroxylation is 1. The Labute approximate surface area is 326 Å². The maximum atomic E-state index is 13.6. The van der Waals surface area contributed by atoms with Crippen LogP contribution in [0.2, 0.25) is 0 Å². The smallest absolute Gasteiger partial charge is 0.338 e. The number of hydrogen-bond donors (Lipinski definition) is 2. The summed E-state index contributed by atoms with van der Waals surface area (Å²) in [6, 6.07) is 28.3. The maximum Gasteiger partial charge on any atom is 0.338 e. The Kier molecular flexibility index (Phi) is 13.6. The average molecular weight is 782 g/mol. The first kappa shape index (κ1) is 40.1. The van der Waals surface area contributed by atoms with E-state index >= 15 is 0 Å². The number of rotatable bonds is 17. The minimum Gasteiger partial charge on any atom is -0.508 e. The molecule has 0 bridgehead atoms. The van der Waals surface area contributed by atoms with Crippen molar-refractivity contribution in [3.63, 3.8) is 0 Å². The van der Waals surface area contributed by atoms with Crippen LogP contribution in [0.3, 0.4) is 0 Å². The zero-order valence-corrected chi connectivity index (χ0v) is 30.6. The number of phenolic OH excluding ortho intramolecular Hbond substituents is 1. The number of carbonyl (C=O) groups is 4. The van der Waals surface area contributed by atoms with Crippen LogP contribution in [0.25, 0.3) is 0 Å². The van der Waals surface area contributed by atoms with E-state index in [0.29, 0.717) is 18.7 Å². The second-order valence-corrected chi connectivity index (χ2v) is 12.7. The van der Waals surface area contributed by atoms with E-state index in [9.17, 15) is 29.4 Å². The molecule has 0 amide bonds. The van der Waals surface area contributed by atoms with Gasteiger partial charge < -0.3 is 43.4 Å². The zero-order valence-electron chi connectivity index (χ0n) is 30.6. The molecule has 57 heavy (non-hydrogen) atoms. The van der Waals surface area contributed by atoms with Gasteiger partial charge in [-0.25, -0.2) is 19.2 Å². The van der Waals surface area contributed by atoms with Crippen LogP contribution in [0.1, 0.15) is 53.5 Å². The summed E-state index contributed by atoms with van der Waals surface area (Å²) < 4.78 is 43.0. The van der Waals surface area contributed by atoms with Crippen molar-refractivity contribution >= 4 is 23.9 Å². The van der Waals surface area contributed by atoms with Gasteiger partial charge in [0, 0.05) is 26.1 Å². The van der Waals surface area contributed by atoms with Crippen LogP contribution in [0, 0.1) is 0 Å². The van der Waals surface area contributed by atoms with E-state index in [0.717, 1.165) is 6.07 Å². The number of phenols is 1. The summed E-state index contributed by atoms with van der Waals surface area (Å²) in [5.41, 5.74) is 0.987. The van der Waals surface area contributed by atoms with Crippen LogP contribution in [0.4, 0.5) is 0 Å².